The molecule has 9 heteroatoms. The second kappa shape index (κ2) is 9.54. The molecule has 4 rings (SSSR count). The zero-order valence-electron chi connectivity index (χ0n) is 19.3. The molecule has 0 aliphatic rings. The number of oxazole rings is 1. The van der Waals surface area contributed by atoms with Gasteiger partial charge in [-0.05, 0) is 25.0 Å². The molecule has 0 saturated carbocycles. The van der Waals surface area contributed by atoms with E-state index in [4.69, 9.17) is 8.83 Å². The first-order valence-corrected chi connectivity index (χ1v) is 10.8. The van der Waals surface area contributed by atoms with E-state index < -0.39 is 17.5 Å². The largest absolute Gasteiger partial charge is 0.446 e. The van der Waals surface area contributed by atoms with Crippen molar-refractivity contribution in [3.8, 4) is 11.5 Å². The Labute approximate surface area is 195 Å². The topological polar surface area (TPSA) is 85.3 Å². The predicted octanol–water partition coefficient (Wildman–Crippen LogP) is 5.24. The summed E-state index contributed by atoms with van der Waals surface area (Å²) in [5, 5.41) is 7.98. The van der Waals surface area contributed by atoms with Crippen molar-refractivity contribution in [1.29, 1.82) is 0 Å². The molecule has 0 bridgehead atoms. The van der Waals surface area contributed by atoms with E-state index in [1.54, 1.807) is 13.8 Å². The molecule has 7 nitrogen and oxygen atoms in total. The minimum atomic E-state index is -0.983. The molecule has 2 aromatic carbocycles. The Bertz CT molecular complexity index is 1320. The molecule has 0 saturated heterocycles. The fourth-order valence-corrected chi connectivity index (χ4v) is 3.70. The van der Waals surface area contributed by atoms with Crippen molar-refractivity contribution in [2.75, 3.05) is 7.05 Å². The van der Waals surface area contributed by atoms with Crippen LogP contribution in [0.1, 0.15) is 52.0 Å². The van der Waals surface area contributed by atoms with E-state index >= 15 is 0 Å². The first-order chi connectivity index (χ1) is 16.2. The smallest absolute Gasteiger partial charge is 0.256 e. The molecular formula is C25H24F2N4O3. The number of aryl methyl sites for hydroxylation is 2. The van der Waals surface area contributed by atoms with E-state index in [0.29, 0.717) is 35.7 Å². The van der Waals surface area contributed by atoms with Crippen LogP contribution in [0.5, 0.6) is 0 Å². The molecule has 1 atom stereocenters. The van der Waals surface area contributed by atoms with Crippen molar-refractivity contribution >= 4 is 5.91 Å². The van der Waals surface area contributed by atoms with Crippen LogP contribution in [0.2, 0.25) is 0 Å². The summed E-state index contributed by atoms with van der Waals surface area (Å²) in [4.78, 5) is 18.5. The number of aromatic nitrogens is 3. The van der Waals surface area contributed by atoms with Crippen LogP contribution in [0, 0.1) is 25.5 Å². The molecule has 0 N–H and O–H groups in total. The van der Waals surface area contributed by atoms with Gasteiger partial charge in [-0.3, -0.25) is 4.79 Å². The average Bonchev–Trinajstić information content (AvgIpc) is 3.40. The van der Waals surface area contributed by atoms with Gasteiger partial charge in [-0.1, -0.05) is 37.3 Å². The van der Waals surface area contributed by atoms with Crippen molar-refractivity contribution in [1.82, 2.24) is 20.1 Å². The molecule has 0 radical (unpaired) electrons. The molecule has 34 heavy (non-hydrogen) atoms. The molecule has 2 heterocycles. The Morgan fingerprint density at radius 3 is 2.47 bits per heavy atom. The first-order valence-electron chi connectivity index (χ1n) is 10.8. The number of hydrogen-bond acceptors (Lipinski definition) is 6. The van der Waals surface area contributed by atoms with Gasteiger partial charge in [-0.15, -0.1) is 10.2 Å². The Morgan fingerprint density at radius 2 is 1.79 bits per heavy atom. The van der Waals surface area contributed by atoms with Gasteiger partial charge in [0.2, 0.25) is 5.89 Å². The third-order valence-corrected chi connectivity index (χ3v) is 5.50. The Hall–Kier alpha value is -3.88. The van der Waals surface area contributed by atoms with E-state index in [1.165, 1.54) is 11.9 Å². The summed E-state index contributed by atoms with van der Waals surface area (Å²) in [6.45, 7) is 5.46. The van der Waals surface area contributed by atoms with Crippen LogP contribution in [0.4, 0.5) is 8.78 Å². The molecule has 1 amide bonds. The lowest BCUT2D eigenvalue weighted by atomic mass is 10.0. The van der Waals surface area contributed by atoms with E-state index in [0.717, 1.165) is 11.6 Å². The standard InChI is InChI=1S/C25H24F2N4O3/c1-14(10-17-8-6-5-7-9-17)23-29-30-24(34-23)18-11-19(21(27)12-20(18)26)25(32)31(4)13-22-15(2)33-16(3)28-22/h5-9,11-12,14H,10,13H2,1-4H3. The number of halogens is 2. The summed E-state index contributed by atoms with van der Waals surface area (Å²) in [5.74, 6) is -1.40. The minimum absolute atomic E-state index is 0.107. The van der Waals surface area contributed by atoms with Gasteiger partial charge in [0, 0.05) is 26.0 Å². The van der Waals surface area contributed by atoms with Gasteiger partial charge in [0.05, 0.1) is 17.7 Å². The van der Waals surface area contributed by atoms with E-state index in [9.17, 15) is 13.6 Å². The van der Waals surface area contributed by atoms with Gasteiger partial charge >= 0.3 is 0 Å². The van der Waals surface area contributed by atoms with Gasteiger partial charge in [0.1, 0.15) is 23.1 Å². The molecule has 4 aromatic rings. The van der Waals surface area contributed by atoms with Crippen LogP contribution in [0.25, 0.3) is 11.5 Å². The maximum Gasteiger partial charge on any atom is 0.256 e. The number of benzene rings is 2. The van der Waals surface area contributed by atoms with E-state index in [2.05, 4.69) is 15.2 Å². The average molecular weight is 466 g/mol. The molecule has 1 unspecified atom stereocenters. The van der Waals surface area contributed by atoms with Gasteiger partial charge in [-0.25, -0.2) is 13.8 Å². The third-order valence-electron chi connectivity index (χ3n) is 5.50. The SMILES string of the molecule is Cc1nc(CN(C)C(=O)c2cc(-c3nnc(C(C)Cc4ccccc4)o3)c(F)cc2F)c(C)o1. The van der Waals surface area contributed by atoms with Crippen LogP contribution in [-0.2, 0) is 13.0 Å². The Kier molecular flexibility index (Phi) is 6.54. The summed E-state index contributed by atoms with van der Waals surface area (Å²) in [7, 11) is 1.50. The lowest BCUT2D eigenvalue weighted by molar-refractivity contribution is 0.0778. The number of nitrogens with zero attached hydrogens (tertiary/aromatic N) is 4. The van der Waals surface area contributed by atoms with Crippen LogP contribution in [0.3, 0.4) is 0 Å². The zero-order chi connectivity index (χ0) is 24.4. The van der Waals surface area contributed by atoms with Crippen molar-refractivity contribution in [2.45, 2.75) is 39.7 Å². The lowest BCUT2D eigenvalue weighted by Gasteiger charge is -2.17. The number of carbonyl (C=O) groups excluding carboxylic acids is 1. The van der Waals surface area contributed by atoms with Gasteiger partial charge in [-0.2, -0.15) is 0 Å². The zero-order valence-corrected chi connectivity index (χ0v) is 19.3. The van der Waals surface area contributed by atoms with Crippen LogP contribution >= 0.6 is 0 Å². The molecule has 176 valence electrons. The summed E-state index contributed by atoms with van der Waals surface area (Å²) < 4.78 is 40.3. The molecule has 0 spiro atoms. The molecule has 0 fully saturated rings. The number of hydrogen-bond donors (Lipinski definition) is 0. The van der Waals surface area contributed by atoms with Crippen LogP contribution < -0.4 is 0 Å². The van der Waals surface area contributed by atoms with Crippen molar-refractivity contribution in [2.24, 2.45) is 0 Å². The second-order valence-corrected chi connectivity index (χ2v) is 8.25. The van der Waals surface area contributed by atoms with E-state index in [1.807, 2.05) is 37.3 Å². The van der Waals surface area contributed by atoms with Crippen LogP contribution in [0.15, 0.2) is 51.3 Å². The van der Waals surface area contributed by atoms with Crippen LogP contribution in [-0.4, -0.2) is 33.0 Å². The highest BCUT2D eigenvalue weighted by Gasteiger charge is 2.24. The quantitative estimate of drug-likeness (QED) is 0.370. The Morgan fingerprint density at radius 1 is 1.06 bits per heavy atom. The van der Waals surface area contributed by atoms with E-state index in [-0.39, 0.29) is 29.5 Å². The molecular weight excluding hydrogens is 442 g/mol. The summed E-state index contributed by atoms with van der Waals surface area (Å²) in [5.41, 5.74) is 1.20. The van der Waals surface area contributed by atoms with Gasteiger partial charge < -0.3 is 13.7 Å². The van der Waals surface area contributed by atoms with Gasteiger partial charge in [0.15, 0.2) is 5.89 Å². The van der Waals surface area contributed by atoms with Crippen molar-refractivity contribution in [3.05, 3.63) is 88.5 Å². The molecule has 0 aliphatic heterocycles. The lowest BCUT2D eigenvalue weighted by Crippen LogP contribution is -2.27. The molecule has 0 aliphatic carbocycles. The second-order valence-electron chi connectivity index (χ2n) is 8.25. The first kappa shape index (κ1) is 23.3. The van der Waals surface area contributed by atoms with Crippen molar-refractivity contribution in [3.63, 3.8) is 0 Å². The number of carbonyl (C=O) groups is 1. The fourth-order valence-electron chi connectivity index (χ4n) is 3.70. The highest BCUT2D eigenvalue weighted by Crippen LogP contribution is 2.28. The maximum absolute atomic E-state index is 14.6. The monoisotopic (exact) mass is 466 g/mol. The number of amides is 1. The Balaban J connectivity index is 1.57. The fraction of sp³-hybridized carbons (Fsp3) is 0.280. The summed E-state index contributed by atoms with van der Waals surface area (Å²) >= 11 is 0. The third kappa shape index (κ3) is 4.88. The minimum Gasteiger partial charge on any atom is -0.446 e. The number of rotatable bonds is 7. The highest BCUT2D eigenvalue weighted by atomic mass is 19.1. The maximum atomic E-state index is 14.6. The highest BCUT2D eigenvalue weighted by molar-refractivity contribution is 5.95. The summed E-state index contributed by atoms with van der Waals surface area (Å²) in [6.07, 6.45) is 0.657. The summed E-state index contributed by atoms with van der Waals surface area (Å²) in [6, 6.07) is 11.5. The predicted molar refractivity (Wildman–Crippen MR) is 120 cm³/mol. The normalized spacial score (nSPS) is 12.1. The van der Waals surface area contributed by atoms with Gasteiger partial charge in [0.25, 0.3) is 11.8 Å². The van der Waals surface area contributed by atoms with Crippen molar-refractivity contribution < 1.29 is 22.4 Å². The molecule has 2 aromatic heterocycles.